The minimum Gasteiger partial charge on any atom is -0.330 e. The van der Waals surface area contributed by atoms with Gasteiger partial charge in [0.25, 0.3) is 0 Å². The van der Waals surface area contributed by atoms with Gasteiger partial charge in [0, 0.05) is 30.8 Å². The summed E-state index contributed by atoms with van der Waals surface area (Å²) in [6, 6.07) is 9.73. The first-order valence-electron chi connectivity index (χ1n) is 5.59. The summed E-state index contributed by atoms with van der Waals surface area (Å²) in [6.45, 7) is 0. The number of imide groups is 1. The number of carbonyl (C=O) groups is 2. The number of hydrogen-bond acceptors (Lipinski definition) is 2. The molecular formula is C13H12N2O2. The zero-order valence-corrected chi connectivity index (χ0v) is 9.51. The maximum Gasteiger partial charge on any atom is 0.235 e. The molecule has 17 heavy (non-hydrogen) atoms. The molecule has 0 radical (unpaired) electrons. The largest absolute Gasteiger partial charge is 0.330 e. The van der Waals surface area contributed by atoms with Crippen LogP contribution in [0.3, 0.4) is 0 Å². The number of para-hydroxylation sites is 1. The minimum atomic E-state index is -0.110. The van der Waals surface area contributed by atoms with Crippen molar-refractivity contribution in [2.75, 3.05) is 4.90 Å². The van der Waals surface area contributed by atoms with E-state index in [2.05, 4.69) is 0 Å². The summed E-state index contributed by atoms with van der Waals surface area (Å²) in [5.41, 5.74) is 1.02. The monoisotopic (exact) mass is 228 g/mol. The van der Waals surface area contributed by atoms with Crippen LogP contribution in [0.15, 0.2) is 30.3 Å². The highest BCUT2D eigenvalue weighted by Crippen LogP contribution is 2.28. The van der Waals surface area contributed by atoms with Crippen LogP contribution < -0.4 is 4.90 Å². The lowest BCUT2D eigenvalue weighted by Crippen LogP contribution is -2.30. The lowest BCUT2D eigenvalue weighted by atomic mass is 10.2. The fourth-order valence-electron chi connectivity index (χ4n) is 2.32. The van der Waals surface area contributed by atoms with Gasteiger partial charge in [-0.3, -0.25) is 9.59 Å². The first kappa shape index (κ1) is 10.1. The molecule has 2 heterocycles. The summed E-state index contributed by atoms with van der Waals surface area (Å²) in [7, 11) is 1.87. The normalized spacial score (nSPS) is 16.2. The lowest BCUT2D eigenvalue weighted by Gasteiger charge is -2.14. The number of carbonyl (C=O) groups excluding carboxylic acids is 2. The average Bonchev–Trinajstić information content (AvgIpc) is 2.82. The van der Waals surface area contributed by atoms with Crippen LogP contribution in [0.1, 0.15) is 12.8 Å². The van der Waals surface area contributed by atoms with E-state index in [0.717, 1.165) is 10.9 Å². The molecule has 2 aromatic rings. The fraction of sp³-hybridized carbons (Fsp3) is 0.231. The summed E-state index contributed by atoms with van der Waals surface area (Å²) in [5, 5.41) is 1.04. The van der Waals surface area contributed by atoms with Gasteiger partial charge in [-0.2, -0.15) is 0 Å². The van der Waals surface area contributed by atoms with Crippen LogP contribution in [0.2, 0.25) is 0 Å². The molecule has 1 aromatic heterocycles. The molecule has 0 saturated carbocycles. The Labute approximate surface area is 98.4 Å². The van der Waals surface area contributed by atoms with Crippen molar-refractivity contribution in [3.05, 3.63) is 30.3 Å². The standard InChI is InChI=1S/C13H12N2O2/c1-14-10-5-3-2-4-9(10)8-11(14)15-12(16)6-7-13(15)17/h2-5,8H,6-7H2,1H3. The Kier molecular flexibility index (Phi) is 2.04. The van der Waals surface area contributed by atoms with Crippen LogP contribution in [-0.4, -0.2) is 16.4 Å². The fourth-order valence-corrected chi connectivity index (χ4v) is 2.32. The molecule has 1 aromatic carbocycles. The van der Waals surface area contributed by atoms with Crippen molar-refractivity contribution in [1.82, 2.24) is 4.57 Å². The molecule has 0 atom stereocenters. The van der Waals surface area contributed by atoms with Crippen molar-refractivity contribution >= 4 is 28.5 Å². The van der Waals surface area contributed by atoms with Crippen LogP contribution in [0, 0.1) is 0 Å². The Morgan fingerprint density at radius 2 is 1.71 bits per heavy atom. The minimum absolute atomic E-state index is 0.110. The highest BCUT2D eigenvalue weighted by Gasteiger charge is 2.32. The molecule has 0 N–H and O–H groups in total. The molecule has 2 amide bonds. The van der Waals surface area contributed by atoms with Crippen molar-refractivity contribution in [3.63, 3.8) is 0 Å². The summed E-state index contributed by atoms with van der Waals surface area (Å²) >= 11 is 0. The number of amides is 2. The van der Waals surface area contributed by atoms with Crippen molar-refractivity contribution in [1.29, 1.82) is 0 Å². The van der Waals surface area contributed by atoms with Gasteiger partial charge < -0.3 is 4.57 Å². The van der Waals surface area contributed by atoms with E-state index >= 15 is 0 Å². The van der Waals surface area contributed by atoms with E-state index in [9.17, 15) is 9.59 Å². The van der Waals surface area contributed by atoms with Gasteiger partial charge in [0.2, 0.25) is 11.8 Å². The topological polar surface area (TPSA) is 42.3 Å². The van der Waals surface area contributed by atoms with Crippen molar-refractivity contribution in [2.45, 2.75) is 12.8 Å². The molecule has 86 valence electrons. The third kappa shape index (κ3) is 1.37. The first-order chi connectivity index (χ1) is 8.18. The second kappa shape index (κ2) is 3.45. The second-order valence-electron chi connectivity index (χ2n) is 4.24. The summed E-state index contributed by atoms with van der Waals surface area (Å²) in [6.07, 6.45) is 0.640. The number of rotatable bonds is 1. The van der Waals surface area contributed by atoms with E-state index in [0.29, 0.717) is 18.7 Å². The molecule has 3 rings (SSSR count). The third-order valence-corrected chi connectivity index (χ3v) is 3.21. The van der Waals surface area contributed by atoms with Gasteiger partial charge in [0.15, 0.2) is 0 Å². The summed E-state index contributed by atoms with van der Waals surface area (Å²) in [4.78, 5) is 24.7. The molecule has 4 heteroatoms. The lowest BCUT2D eigenvalue weighted by molar-refractivity contribution is -0.121. The zero-order valence-electron chi connectivity index (χ0n) is 9.51. The van der Waals surface area contributed by atoms with Gasteiger partial charge in [0.05, 0.1) is 0 Å². The number of benzene rings is 1. The highest BCUT2D eigenvalue weighted by atomic mass is 16.2. The van der Waals surface area contributed by atoms with E-state index in [4.69, 9.17) is 0 Å². The molecule has 0 spiro atoms. The number of aromatic nitrogens is 1. The molecule has 1 aliphatic rings. The maximum atomic E-state index is 11.7. The maximum absolute atomic E-state index is 11.7. The van der Waals surface area contributed by atoms with E-state index in [1.165, 1.54) is 4.90 Å². The first-order valence-corrected chi connectivity index (χ1v) is 5.59. The molecule has 4 nitrogen and oxygen atoms in total. The number of anilines is 1. The van der Waals surface area contributed by atoms with Crippen LogP contribution in [-0.2, 0) is 16.6 Å². The Morgan fingerprint density at radius 1 is 1.06 bits per heavy atom. The van der Waals surface area contributed by atoms with Crippen molar-refractivity contribution < 1.29 is 9.59 Å². The molecule has 1 saturated heterocycles. The van der Waals surface area contributed by atoms with E-state index in [1.54, 1.807) is 0 Å². The highest BCUT2D eigenvalue weighted by molar-refractivity contribution is 6.20. The van der Waals surface area contributed by atoms with Gasteiger partial charge in [-0.05, 0) is 12.1 Å². The van der Waals surface area contributed by atoms with Crippen LogP contribution in [0.5, 0.6) is 0 Å². The molecule has 1 aliphatic heterocycles. The van der Waals surface area contributed by atoms with E-state index in [1.807, 2.05) is 41.9 Å². The summed E-state index contributed by atoms with van der Waals surface area (Å²) < 4.78 is 1.89. The van der Waals surface area contributed by atoms with Gasteiger partial charge in [-0.15, -0.1) is 0 Å². The number of fused-ring (bicyclic) bond motifs is 1. The summed E-state index contributed by atoms with van der Waals surface area (Å²) in [5.74, 6) is 0.445. The Balaban J connectivity index is 2.21. The third-order valence-electron chi connectivity index (χ3n) is 3.21. The van der Waals surface area contributed by atoms with Gasteiger partial charge in [-0.1, -0.05) is 18.2 Å². The van der Waals surface area contributed by atoms with E-state index in [-0.39, 0.29) is 11.8 Å². The zero-order chi connectivity index (χ0) is 12.0. The molecule has 0 aliphatic carbocycles. The Hall–Kier alpha value is -2.10. The van der Waals surface area contributed by atoms with Crippen molar-refractivity contribution in [2.24, 2.45) is 7.05 Å². The predicted molar refractivity (Wildman–Crippen MR) is 64.6 cm³/mol. The van der Waals surface area contributed by atoms with Crippen LogP contribution in [0.25, 0.3) is 10.9 Å². The molecule has 1 fully saturated rings. The van der Waals surface area contributed by atoms with Gasteiger partial charge in [-0.25, -0.2) is 4.90 Å². The number of hydrogen-bond donors (Lipinski definition) is 0. The smallest absolute Gasteiger partial charge is 0.235 e. The number of aryl methyl sites for hydroxylation is 1. The molecule has 0 bridgehead atoms. The SMILES string of the molecule is Cn1c(N2C(=O)CCC2=O)cc2ccccc21. The molecule has 0 unspecified atom stereocenters. The quantitative estimate of drug-likeness (QED) is 0.699. The molecular weight excluding hydrogens is 216 g/mol. The average molecular weight is 228 g/mol. The van der Waals surface area contributed by atoms with Gasteiger partial charge >= 0.3 is 0 Å². The van der Waals surface area contributed by atoms with Crippen LogP contribution in [0.4, 0.5) is 5.82 Å². The predicted octanol–water partition coefficient (Wildman–Crippen LogP) is 1.83. The Morgan fingerprint density at radius 3 is 2.35 bits per heavy atom. The number of nitrogens with zero attached hydrogens (tertiary/aromatic N) is 2. The van der Waals surface area contributed by atoms with E-state index < -0.39 is 0 Å². The second-order valence-corrected chi connectivity index (χ2v) is 4.24. The Bertz CT molecular complexity index is 611. The van der Waals surface area contributed by atoms with Gasteiger partial charge in [0.1, 0.15) is 5.82 Å². The van der Waals surface area contributed by atoms with Crippen molar-refractivity contribution in [3.8, 4) is 0 Å². The van der Waals surface area contributed by atoms with Crippen LogP contribution >= 0.6 is 0 Å².